The van der Waals surface area contributed by atoms with Gasteiger partial charge in [-0.25, -0.2) is 4.68 Å². The molecule has 3 rings (SSSR count). The van der Waals surface area contributed by atoms with E-state index in [2.05, 4.69) is 62.1 Å². The molecule has 3 N–H and O–H groups in total. The lowest BCUT2D eigenvalue weighted by Crippen LogP contribution is -2.23. The van der Waals surface area contributed by atoms with Crippen molar-refractivity contribution in [1.29, 1.82) is 0 Å². The number of phenolic OH excluding ortho intramolecular Hbond substituents is 1. The van der Waals surface area contributed by atoms with Crippen molar-refractivity contribution in [2.45, 2.75) is 25.2 Å². The van der Waals surface area contributed by atoms with Crippen molar-refractivity contribution in [3.63, 3.8) is 0 Å². The lowest BCUT2D eigenvalue weighted by molar-refractivity contribution is 0.474. The van der Waals surface area contributed by atoms with Crippen LogP contribution >= 0.6 is 21.2 Å². The van der Waals surface area contributed by atoms with Gasteiger partial charge >= 0.3 is 0 Å². The van der Waals surface area contributed by atoms with E-state index in [4.69, 9.17) is 0 Å². The van der Waals surface area contributed by atoms with E-state index in [0.29, 0.717) is 11.1 Å². The van der Waals surface area contributed by atoms with Crippen LogP contribution in [0.15, 0.2) is 72.3 Å². The Morgan fingerprint density at radius 1 is 1.19 bits per heavy atom. The fourth-order valence-corrected chi connectivity index (χ4v) is 4.02. The van der Waals surface area contributed by atoms with Gasteiger partial charge in [-0.15, -0.1) is 9.24 Å². The Balaban J connectivity index is 1.62. The van der Waals surface area contributed by atoms with Gasteiger partial charge in [0.15, 0.2) is 0 Å². The summed E-state index contributed by atoms with van der Waals surface area (Å²) in [4.78, 5) is 1.22. The highest BCUT2D eigenvalue weighted by molar-refractivity contribution is 7.97. The summed E-state index contributed by atoms with van der Waals surface area (Å²) >= 11 is 1.65. The van der Waals surface area contributed by atoms with Gasteiger partial charge < -0.3 is 10.4 Å². The van der Waals surface area contributed by atoms with Gasteiger partial charge in [0.2, 0.25) is 0 Å². The van der Waals surface area contributed by atoms with Crippen LogP contribution < -0.4 is 15.3 Å². The van der Waals surface area contributed by atoms with Crippen molar-refractivity contribution in [2.75, 3.05) is 13.1 Å². The molecule has 0 radical (unpaired) electrons. The number of rotatable bonds is 10. The van der Waals surface area contributed by atoms with Crippen LogP contribution in [0.25, 0.3) is 11.4 Å². The number of benzene rings is 2. The van der Waals surface area contributed by atoms with Crippen LogP contribution in [0.2, 0.25) is 0 Å². The molecule has 0 aliphatic carbocycles. The van der Waals surface area contributed by atoms with Crippen LogP contribution in [-0.4, -0.2) is 28.0 Å². The number of aryl methyl sites for hydroxylation is 1. The first-order valence-electron chi connectivity index (χ1n) is 10.2. The van der Waals surface area contributed by atoms with Crippen LogP contribution in [0.4, 0.5) is 0 Å². The molecule has 162 valence electrons. The first-order valence-corrected chi connectivity index (χ1v) is 11.5. The van der Waals surface area contributed by atoms with E-state index in [9.17, 15) is 5.11 Å². The van der Waals surface area contributed by atoms with E-state index in [1.165, 1.54) is 10.5 Å². The summed E-state index contributed by atoms with van der Waals surface area (Å²) in [5.74, 6) is 1.04. The quantitative estimate of drug-likeness (QED) is 0.183. The Bertz CT molecular complexity index is 1080. The first kappa shape index (κ1) is 23.1. The number of phenols is 1. The highest BCUT2D eigenvalue weighted by Crippen LogP contribution is 2.25. The molecule has 0 spiro atoms. The van der Waals surface area contributed by atoms with E-state index in [1.54, 1.807) is 24.1 Å². The topological polar surface area (TPSA) is 62.1 Å². The standard InChI is InChI=1S/C24H29N4OPS/c1-17-8-6-9-20(14-17)31-27-13-7-12-25-24(28-19(3)23(30)16-26-28)15-18(2)21-10-4-5-11-22(21)29/h4-6,8-11,14-16,25,27,29H,2,7,12-13,30H2,1,3H3/b24-15-. The fourth-order valence-electron chi connectivity index (χ4n) is 3.03. The van der Waals surface area contributed by atoms with Crippen molar-refractivity contribution in [3.05, 3.63) is 84.2 Å². The van der Waals surface area contributed by atoms with Crippen LogP contribution in [0.5, 0.6) is 5.75 Å². The zero-order valence-corrected chi connectivity index (χ0v) is 19.9. The lowest BCUT2D eigenvalue weighted by Gasteiger charge is -2.15. The summed E-state index contributed by atoms with van der Waals surface area (Å²) in [6, 6.07) is 15.7. The Kier molecular flexibility index (Phi) is 8.35. The lowest BCUT2D eigenvalue weighted by atomic mass is 10.1. The number of nitrogens with one attached hydrogen (secondary N) is 2. The molecule has 5 nitrogen and oxygen atoms in total. The third-order valence-electron chi connectivity index (χ3n) is 4.78. The number of nitrogens with zero attached hydrogens (tertiary/aromatic N) is 2. The van der Waals surface area contributed by atoms with Gasteiger partial charge in [0, 0.05) is 34.5 Å². The first-order chi connectivity index (χ1) is 15.0. The van der Waals surface area contributed by atoms with Crippen LogP contribution in [0.1, 0.15) is 23.2 Å². The van der Waals surface area contributed by atoms with Crippen LogP contribution in [0, 0.1) is 13.8 Å². The van der Waals surface area contributed by atoms with Gasteiger partial charge in [0.05, 0.1) is 6.20 Å². The second-order valence-corrected chi connectivity index (χ2v) is 8.85. The highest BCUT2D eigenvalue weighted by atomic mass is 32.2. The van der Waals surface area contributed by atoms with E-state index in [1.807, 2.05) is 36.0 Å². The van der Waals surface area contributed by atoms with Gasteiger partial charge in [-0.3, -0.25) is 4.72 Å². The molecule has 0 saturated carbocycles. The third-order valence-corrected chi connectivity index (χ3v) is 6.18. The fraction of sp³-hybridized carbons (Fsp3) is 0.208. The SMILES string of the molecule is C=C(/C=C(/NCCCNSc1cccc(C)c1)n1ncc(P)c1C)c1ccccc1O. The summed E-state index contributed by atoms with van der Waals surface area (Å²) in [5.41, 5.74) is 3.71. The smallest absolute Gasteiger partial charge is 0.128 e. The number of allylic oxidation sites excluding steroid dienone is 2. The molecule has 0 bridgehead atoms. The average molecular weight is 453 g/mol. The number of hydrogen-bond donors (Lipinski definition) is 3. The highest BCUT2D eigenvalue weighted by Gasteiger charge is 2.10. The maximum atomic E-state index is 10.2. The molecule has 0 amide bonds. The van der Waals surface area contributed by atoms with Crippen molar-refractivity contribution < 1.29 is 5.11 Å². The summed E-state index contributed by atoms with van der Waals surface area (Å²) in [6.45, 7) is 9.91. The third kappa shape index (κ3) is 6.47. The molecule has 1 atom stereocenters. The predicted molar refractivity (Wildman–Crippen MR) is 135 cm³/mol. The molecule has 31 heavy (non-hydrogen) atoms. The minimum Gasteiger partial charge on any atom is -0.507 e. The molecule has 0 saturated heterocycles. The summed E-state index contributed by atoms with van der Waals surface area (Å²) in [6.07, 6.45) is 4.68. The Labute approximate surface area is 191 Å². The Hall–Kier alpha value is -2.53. The monoisotopic (exact) mass is 452 g/mol. The summed E-state index contributed by atoms with van der Waals surface area (Å²) in [7, 11) is 2.70. The summed E-state index contributed by atoms with van der Waals surface area (Å²) in [5, 5.41) is 19.2. The molecule has 7 heteroatoms. The van der Waals surface area contributed by atoms with Crippen molar-refractivity contribution in [3.8, 4) is 5.75 Å². The molecule has 1 unspecified atom stereocenters. The molecular formula is C24H29N4OPS. The normalized spacial score (nSPS) is 11.5. The molecule has 1 heterocycles. The molecule has 3 aromatic rings. The molecule has 2 aromatic carbocycles. The van der Waals surface area contributed by atoms with E-state index >= 15 is 0 Å². The number of aromatic hydroxyl groups is 1. The molecule has 0 aliphatic rings. The van der Waals surface area contributed by atoms with Gasteiger partial charge in [0.1, 0.15) is 11.6 Å². The van der Waals surface area contributed by atoms with Gasteiger partial charge in [-0.05, 0) is 67.6 Å². The van der Waals surface area contributed by atoms with E-state index in [0.717, 1.165) is 36.3 Å². The molecule has 1 aromatic heterocycles. The van der Waals surface area contributed by atoms with Gasteiger partial charge in [-0.1, -0.05) is 36.9 Å². The maximum absolute atomic E-state index is 10.2. The number of aromatic nitrogens is 2. The zero-order valence-electron chi connectivity index (χ0n) is 17.9. The minimum atomic E-state index is 0.212. The van der Waals surface area contributed by atoms with E-state index < -0.39 is 0 Å². The second kappa shape index (κ2) is 11.2. The second-order valence-electron chi connectivity index (χ2n) is 7.26. The zero-order chi connectivity index (χ0) is 22.2. The van der Waals surface area contributed by atoms with Crippen molar-refractivity contribution in [2.24, 2.45) is 0 Å². The maximum Gasteiger partial charge on any atom is 0.128 e. The van der Waals surface area contributed by atoms with Gasteiger partial charge in [-0.2, -0.15) is 5.10 Å². The predicted octanol–water partition coefficient (Wildman–Crippen LogP) is 4.49. The summed E-state index contributed by atoms with van der Waals surface area (Å²) < 4.78 is 5.28. The molecule has 0 aliphatic heterocycles. The minimum absolute atomic E-state index is 0.212. The average Bonchev–Trinajstić information content (AvgIpc) is 3.08. The number of hydrogen-bond acceptors (Lipinski definition) is 5. The number of para-hydroxylation sites is 1. The van der Waals surface area contributed by atoms with Crippen molar-refractivity contribution in [1.82, 2.24) is 19.8 Å². The Morgan fingerprint density at radius 3 is 2.71 bits per heavy atom. The van der Waals surface area contributed by atoms with Crippen molar-refractivity contribution >= 4 is 37.9 Å². The Morgan fingerprint density at radius 2 is 2.00 bits per heavy atom. The van der Waals surface area contributed by atoms with E-state index in [-0.39, 0.29) is 5.75 Å². The van der Waals surface area contributed by atoms with Crippen LogP contribution in [-0.2, 0) is 0 Å². The largest absolute Gasteiger partial charge is 0.507 e. The molecule has 0 fully saturated rings. The van der Waals surface area contributed by atoms with Gasteiger partial charge in [0.25, 0.3) is 0 Å². The van der Waals surface area contributed by atoms with Crippen LogP contribution in [0.3, 0.4) is 0 Å². The molecular weight excluding hydrogens is 423 g/mol.